The maximum Gasteiger partial charge on any atom is 1.00 e. The number of rotatable bonds is 1. The predicted molar refractivity (Wildman–Crippen MR) is 46.1 cm³/mol. The second-order valence-electron chi connectivity index (χ2n) is 2.54. The van der Waals surface area contributed by atoms with Crippen molar-refractivity contribution in [2.75, 3.05) is 7.05 Å². The van der Waals surface area contributed by atoms with Gasteiger partial charge in [-0.05, 0) is 0 Å². The molecule has 10 nitrogen and oxygen atoms in total. The van der Waals surface area contributed by atoms with Crippen molar-refractivity contribution >= 4 is 12.0 Å². The number of nitro groups is 1. The number of hydrogen-bond donors (Lipinski definition) is 0. The summed E-state index contributed by atoms with van der Waals surface area (Å²) in [6.45, 7) is 0. The first-order valence-electron chi connectivity index (χ1n) is 3.58. The molecule has 0 aliphatic carbocycles. The van der Waals surface area contributed by atoms with E-state index in [1.807, 2.05) is 0 Å². The van der Waals surface area contributed by atoms with Gasteiger partial charge in [-0.1, -0.05) is 0 Å². The maximum atomic E-state index is 11.0. The first-order valence-corrected chi connectivity index (χ1v) is 3.58. The molecule has 0 saturated heterocycles. The number of amidine groups is 1. The molecular weight excluding hydrogens is 231 g/mol. The molecule has 11 heteroatoms. The van der Waals surface area contributed by atoms with Gasteiger partial charge in [0.15, 0.2) is 11.1 Å². The van der Waals surface area contributed by atoms with Crippen LogP contribution in [0.25, 0.3) is 0 Å². The molecule has 2 N–H and O–H groups in total. The van der Waals surface area contributed by atoms with Crippen LogP contribution in [0.2, 0.25) is 0 Å². The van der Waals surface area contributed by atoms with Crippen molar-refractivity contribution < 1.29 is 45.2 Å². The summed E-state index contributed by atoms with van der Waals surface area (Å²) in [7, 11) is 1.62. The predicted octanol–water partition coefficient (Wildman–Crippen LogP) is -5.71. The van der Waals surface area contributed by atoms with Gasteiger partial charge in [-0.3, -0.25) is 5.01 Å². The Bertz CT molecular complexity index is 381. The summed E-state index contributed by atoms with van der Waals surface area (Å²) in [4.78, 5) is 13.8. The van der Waals surface area contributed by atoms with Gasteiger partial charge in [0.05, 0.1) is 6.20 Å². The Labute approximate surface area is 112 Å². The number of nitrogens with zero attached hydrogens (tertiary/aromatic N) is 6. The standard InChI is InChI=1S/C5H6N6O3.Na.H2O/c1-8-2-3-9-4(7-8)6-5(12)10(9)11(13)14;;/h2-3H,1H3,(H,6,7,12);;1H2/q;+1;/p-1. The normalized spacial score (nSPS) is 16.9. The quantitative estimate of drug-likeness (QED) is 0.254. The molecule has 2 aliphatic heterocycles. The van der Waals surface area contributed by atoms with Crippen LogP contribution in [-0.2, 0) is 0 Å². The summed E-state index contributed by atoms with van der Waals surface area (Å²) in [5.74, 6) is -0.0169. The number of hydrazone groups is 1. The molecule has 0 bridgehead atoms. The molecule has 0 saturated carbocycles. The Balaban J connectivity index is 0.00000112. The fourth-order valence-electron chi connectivity index (χ4n) is 1.04. The third-order valence-electron chi connectivity index (χ3n) is 1.60. The van der Waals surface area contributed by atoms with Crippen LogP contribution in [0.15, 0.2) is 22.5 Å². The van der Waals surface area contributed by atoms with Crippen LogP contribution in [0.5, 0.6) is 0 Å². The molecular formula is C5H7N6NaO4. The fraction of sp³-hybridized carbons (Fsp3) is 0.200. The van der Waals surface area contributed by atoms with Crippen molar-refractivity contribution in [3.8, 4) is 0 Å². The SMILES string of the molecule is CN1C=CN2C(=N1)N=C([O-])N2[N+](=O)[O-].O.[Na+]. The van der Waals surface area contributed by atoms with Crippen LogP contribution in [-0.4, -0.2) is 44.7 Å². The smallest absolute Gasteiger partial charge is 0.840 e. The van der Waals surface area contributed by atoms with Crippen molar-refractivity contribution in [1.82, 2.24) is 15.1 Å². The van der Waals surface area contributed by atoms with Crippen molar-refractivity contribution in [2.45, 2.75) is 0 Å². The van der Waals surface area contributed by atoms with Gasteiger partial charge in [0, 0.05) is 18.4 Å². The fourth-order valence-corrected chi connectivity index (χ4v) is 1.04. The van der Waals surface area contributed by atoms with E-state index in [9.17, 15) is 15.2 Å². The Kier molecular flexibility index (Phi) is 4.68. The number of fused-ring (bicyclic) bond motifs is 1. The zero-order valence-electron chi connectivity index (χ0n) is 8.56. The summed E-state index contributed by atoms with van der Waals surface area (Å²) in [6.07, 6.45) is 2.80. The monoisotopic (exact) mass is 238 g/mol. The van der Waals surface area contributed by atoms with Crippen molar-refractivity contribution in [3.63, 3.8) is 0 Å². The third-order valence-corrected chi connectivity index (χ3v) is 1.60. The van der Waals surface area contributed by atoms with Crippen LogP contribution in [0.4, 0.5) is 0 Å². The average molecular weight is 238 g/mol. The van der Waals surface area contributed by atoms with Crippen LogP contribution in [0.1, 0.15) is 0 Å². The van der Waals surface area contributed by atoms with E-state index in [-0.39, 0.29) is 46.1 Å². The van der Waals surface area contributed by atoms with Crippen LogP contribution < -0.4 is 34.7 Å². The van der Waals surface area contributed by atoms with Gasteiger partial charge in [0.25, 0.3) is 5.96 Å². The van der Waals surface area contributed by atoms with Gasteiger partial charge < -0.3 is 10.6 Å². The van der Waals surface area contributed by atoms with E-state index in [4.69, 9.17) is 0 Å². The molecule has 0 aromatic heterocycles. The third kappa shape index (κ3) is 2.24. The first-order chi connectivity index (χ1) is 6.59. The Hall–Kier alpha value is -1.36. The summed E-state index contributed by atoms with van der Waals surface area (Å²) in [6, 6.07) is -0.964. The van der Waals surface area contributed by atoms with E-state index < -0.39 is 11.1 Å². The van der Waals surface area contributed by atoms with Crippen LogP contribution in [0.3, 0.4) is 0 Å². The van der Waals surface area contributed by atoms with Gasteiger partial charge in [-0.25, -0.2) is 10.1 Å². The molecule has 0 unspecified atom stereocenters. The zero-order valence-corrected chi connectivity index (χ0v) is 10.6. The summed E-state index contributed by atoms with van der Waals surface area (Å²) < 4.78 is 0. The minimum atomic E-state index is -0.964. The molecule has 0 spiro atoms. The van der Waals surface area contributed by atoms with E-state index in [2.05, 4.69) is 10.1 Å². The van der Waals surface area contributed by atoms with E-state index in [1.54, 1.807) is 7.05 Å². The molecule has 16 heavy (non-hydrogen) atoms. The van der Waals surface area contributed by atoms with Crippen molar-refractivity contribution in [1.29, 1.82) is 0 Å². The Morgan fingerprint density at radius 2 is 2.06 bits per heavy atom. The minimum absolute atomic E-state index is 0. The van der Waals surface area contributed by atoms with Gasteiger partial charge in [-0.2, -0.15) is 10.0 Å². The topological polar surface area (TPSA) is 132 Å². The molecule has 0 aromatic carbocycles. The zero-order chi connectivity index (χ0) is 10.3. The molecule has 0 radical (unpaired) electrons. The second kappa shape index (κ2) is 5.12. The molecule has 2 heterocycles. The van der Waals surface area contributed by atoms with Crippen molar-refractivity contribution in [3.05, 3.63) is 22.5 Å². The first kappa shape index (κ1) is 14.6. The van der Waals surface area contributed by atoms with E-state index in [0.29, 0.717) is 0 Å². The number of aliphatic imine (C=N–C) groups is 1. The van der Waals surface area contributed by atoms with Gasteiger partial charge in [-0.15, -0.1) is 5.10 Å². The molecule has 0 aromatic rings. The maximum absolute atomic E-state index is 11.0. The van der Waals surface area contributed by atoms with Crippen LogP contribution >= 0.6 is 0 Å². The second-order valence-corrected chi connectivity index (χ2v) is 2.54. The van der Waals surface area contributed by atoms with Gasteiger partial charge in [0.2, 0.25) is 0 Å². The van der Waals surface area contributed by atoms with Crippen LogP contribution in [0, 0.1) is 10.1 Å². The molecule has 2 aliphatic rings. The molecule has 2 rings (SSSR count). The van der Waals surface area contributed by atoms with Gasteiger partial charge in [0.1, 0.15) is 0 Å². The number of hydrogen-bond acceptors (Lipinski definition) is 7. The Morgan fingerprint density at radius 1 is 1.44 bits per heavy atom. The number of guanidine groups is 1. The van der Waals surface area contributed by atoms with E-state index >= 15 is 0 Å². The van der Waals surface area contributed by atoms with E-state index in [0.717, 1.165) is 5.01 Å². The summed E-state index contributed by atoms with van der Waals surface area (Å²) >= 11 is 0. The van der Waals surface area contributed by atoms with Gasteiger partial charge >= 0.3 is 29.6 Å². The van der Waals surface area contributed by atoms with Crippen molar-refractivity contribution in [2.24, 2.45) is 10.1 Å². The summed E-state index contributed by atoms with van der Waals surface area (Å²) in [5, 5.41) is 27.0. The molecule has 82 valence electrons. The average Bonchev–Trinajstić information content (AvgIpc) is 2.39. The molecule has 0 fully saturated rings. The molecule has 0 amide bonds. The largest absolute Gasteiger partial charge is 1.00 e. The number of hydrazine groups is 2. The Morgan fingerprint density at radius 3 is 2.62 bits per heavy atom. The molecule has 0 atom stereocenters. The minimum Gasteiger partial charge on any atom is -0.840 e. The summed E-state index contributed by atoms with van der Waals surface area (Å²) in [5.41, 5.74) is 0. The van der Waals surface area contributed by atoms with E-state index in [1.165, 1.54) is 17.4 Å².